The third-order valence-electron chi connectivity index (χ3n) is 2.36. The Hall–Kier alpha value is 0.0382. The van der Waals surface area contributed by atoms with E-state index in [1.54, 1.807) is 5.56 Å². The van der Waals surface area contributed by atoms with Crippen LogP contribution in [-0.4, -0.2) is 23.0 Å². The molecule has 12 heavy (non-hydrogen) atoms. The molecule has 1 aromatic rings. The normalized spacial score (nSPS) is 10.7. The van der Waals surface area contributed by atoms with Gasteiger partial charge in [-0.25, -0.2) is 0 Å². The molecule has 0 fully saturated rings. The van der Waals surface area contributed by atoms with Crippen molar-refractivity contribution in [2.24, 2.45) is 0 Å². The second-order valence-corrected chi connectivity index (χ2v) is 4.45. The predicted octanol–water partition coefficient (Wildman–Crippen LogP) is 2.38. The summed E-state index contributed by atoms with van der Waals surface area (Å²) in [5.74, 6) is 0.768. The van der Waals surface area contributed by atoms with E-state index >= 15 is 0 Å². The van der Waals surface area contributed by atoms with Crippen molar-refractivity contribution >= 4 is 26.5 Å². The molecule has 1 aromatic carbocycles. The van der Waals surface area contributed by atoms with E-state index in [2.05, 4.69) is 38.1 Å². The summed E-state index contributed by atoms with van der Waals surface area (Å²) in [4.78, 5) is 0. The molecule has 0 aromatic heterocycles. The van der Waals surface area contributed by atoms with Gasteiger partial charge in [0.15, 0.2) is 0 Å². The zero-order valence-electron chi connectivity index (χ0n) is 7.75. The number of rotatable bonds is 3. The molecular weight excluding hydrogens is 254 g/mol. The van der Waals surface area contributed by atoms with Gasteiger partial charge in [-0.05, 0) is 0 Å². The fourth-order valence-corrected chi connectivity index (χ4v) is 2.54. The Kier molecular flexibility index (Phi) is 4.15. The summed E-state index contributed by atoms with van der Waals surface area (Å²) in [6, 6.07) is 8.77. The molecule has 0 bridgehead atoms. The van der Waals surface area contributed by atoms with Gasteiger partial charge in [-0.15, -0.1) is 0 Å². The Balaban J connectivity index is 2.92. The van der Waals surface area contributed by atoms with Gasteiger partial charge in [0.1, 0.15) is 0 Å². The Bertz CT molecular complexity index is 239. The first kappa shape index (κ1) is 10.1. The predicted molar refractivity (Wildman–Crippen MR) is 55.2 cm³/mol. The minimum absolute atomic E-state index is 0.768. The van der Waals surface area contributed by atoms with Gasteiger partial charge in [-0.1, -0.05) is 0 Å². The molecule has 0 saturated carbocycles. The van der Waals surface area contributed by atoms with Gasteiger partial charge < -0.3 is 0 Å². The molecule has 0 aliphatic carbocycles. The molecule has 0 unspecified atom stereocenters. The van der Waals surface area contributed by atoms with Crippen LogP contribution in [0, 0.1) is 0 Å². The fourth-order valence-electron chi connectivity index (χ4n) is 1.56. The quantitative estimate of drug-likeness (QED) is 0.739. The van der Waals surface area contributed by atoms with Gasteiger partial charge >= 0.3 is 89.0 Å². The van der Waals surface area contributed by atoms with Gasteiger partial charge in [0.2, 0.25) is 0 Å². The maximum atomic E-state index is 2.27. The summed E-state index contributed by atoms with van der Waals surface area (Å²) in [5.41, 5.74) is 1.55. The van der Waals surface area contributed by atoms with Crippen molar-refractivity contribution in [1.82, 2.24) is 0 Å². The molecular formula is C11H15Sb. The van der Waals surface area contributed by atoms with E-state index in [1.165, 1.54) is 16.4 Å². The van der Waals surface area contributed by atoms with E-state index in [0.717, 1.165) is 5.92 Å². The van der Waals surface area contributed by atoms with Gasteiger partial charge in [-0.2, -0.15) is 0 Å². The fraction of sp³-hybridized carbons (Fsp3) is 0.455. The molecule has 0 saturated heterocycles. The first-order chi connectivity index (χ1) is 5.79. The van der Waals surface area contributed by atoms with Gasteiger partial charge in [-0.3, -0.25) is 0 Å². The molecule has 0 aliphatic heterocycles. The van der Waals surface area contributed by atoms with Crippen molar-refractivity contribution in [2.75, 3.05) is 0 Å². The monoisotopic (exact) mass is 268 g/mol. The molecule has 64 valence electrons. The molecule has 0 nitrogen and oxygen atoms in total. The second kappa shape index (κ2) is 4.92. The van der Waals surface area contributed by atoms with E-state index in [0.29, 0.717) is 0 Å². The average Bonchev–Trinajstić information content (AvgIpc) is 2.10. The zero-order chi connectivity index (χ0) is 8.97. The van der Waals surface area contributed by atoms with Crippen LogP contribution in [0.15, 0.2) is 24.3 Å². The SMILES string of the molecule is CCC(CC)c1cccc[c]1[Sb]. The van der Waals surface area contributed by atoms with E-state index < -0.39 is 0 Å². The third-order valence-corrected chi connectivity index (χ3v) is 3.52. The minimum atomic E-state index is 0.768. The zero-order valence-corrected chi connectivity index (χ0v) is 10.3. The molecule has 0 aliphatic rings. The van der Waals surface area contributed by atoms with E-state index in [1.807, 2.05) is 23.0 Å². The topological polar surface area (TPSA) is 0 Å². The molecule has 2 radical (unpaired) electrons. The molecule has 1 heteroatoms. The van der Waals surface area contributed by atoms with E-state index in [9.17, 15) is 0 Å². The summed E-state index contributed by atoms with van der Waals surface area (Å²) < 4.78 is 1.49. The Morgan fingerprint density at radius 2 is 1.75 bits per heavy atom. The molecule has 0 N–H and O–H groups in total. The van der Waals surface area contributed by atoms with Crippen molar-refractivity contribution in [1.29, 1.82) is 0 Å². The summed E-state index contributed by atoms with van der Waals surface area (Å²) in [5, 5.41) is 0. The van der Waals surface area contributed by atoms with Crippen LogP contribution < -0.4 is 3.51 Å². The first-order valence-corrected chi connectivity index (χ1v) is 5.85. The summed E-state index contributed by atoms with van der Waals surface area (Å²) in [7, 11) is 0. The molecule has 0 heterocycles. The van der Waals surface area contributed by atoms with Gasteiger partial charge in [0, 0.05) is 0 Å². The number of benzene rings is 1. The van der Waals surface area contributed by atoms with Crippen LogP contribution in [0.4, 0.5) is 0 Å². The van der Waals surface area contributed by atoms with Crippen LogP contribution in [0.25, 0.3) is 0 Å². The van der Waals surface area contributed by atoms with Crippen molar-refractivity contribution < 1.29 is 0 Å². The van der Waals surface area contributed by atoms with Gasteiger partial charge in [0.25, 0.3) is 0 Å². The number of hydrogen-bond acceptors (Lipinski definition) is 0. The Morgan fingerprint density at radius 1 is 1.17 bits per heavy atom. The molecule has 1 rings (SSSR count). The second-order valence-electron chi connectivity index (χ2n) is 3.07. The molecule has 0 spiro atoms. The van der Waals surface area contributed by atoms with Crippen molar-refractivity contribution in [3.8, 4) is 0 Å². The first-order valence-electron chi connectivity index (χ1n) is 4.57. The van der Waals surface area contributed by atoms with Crippen LogP contribution >= 0.6 is 0 Å². The van der Waals surface area contributed by atoms with Crippen molar-refractivity contribution in [2.45, 2.75) is 32.6 Å². The van der Waals surface area contributed by atoms with Crippen LogP contribution in [0.3, 0.4) is 0 Å². The van der Waals surface area contributed by atoms with Crippen molar-refractivity contribution in [3.05, 3.63) is 29.8 Å². The van der Waals surface area contributed by atoms with Crippen LogP contribution in [-0.2, 0) is 0 Å². The summed E-state index contributed by atoms with van der Waals surface area (Å²) in [6.45, 7) is 4.54. The van der Waals surface area contributed by atoms with E-state index in [-0.39, 0.29) is 0 Å². The number of hydrogen-bond donors (Lipinski definition) is 0. The third kappa shape index (κ3) is 2.26. The Labute approximate surface area is 88.9 Å². The molecule has 0 amide bonds. The summed E-state index contributed by atoms with van der Waals surface area (Å²) in [6.07, 6.45) is 2.52. The van der Waals surface area contributed by atoms with Crippen molar-refractivity contribution in [3.63, 3.8) is 0 Å². The van der Waals surface area contributed by atoms with Crippen LogP contribution in [0.2, 0.25) is 0 Å². The van der Waals surface area contributed by atoms with Crippen LogP contribution in [0.1, 0.15) is 38.2 Å². The van der Waals surface area contributed by atoms with Crippen LogP contribution in [0.5, 0.6) is 0 Å². The van der Waals surface area contributed by atoms with Gasteiger partial charge in [0.05, 0.1) is 0 Å². The average molecular weight is 269 g/mol. The summed E-state index contributed by atoms with van der Waals surface area (Å²) >= 11 is 1.83. The standard InChI is InChI=1S/C11H15.Sb/c1-3-10(4-2)11-8-6-5-7-9-11;/h5-8,10H,3-4H2,1-2H3;. The van der Waals surface area contributed by atoms with E-state index in [4.69, 9.17) is 0 Å². The Morgan fingerprint density at radius 3 is 2.25 bits per heavy atom. The molecule has 0 atom stereocenters. The maximum absolute atomic E-state index is 2.27.